The lowest BCUT2D eigenvalue weighted by molar-refractivity contribution is 0.0986. The maximum atomic E-state index is 2.73. The van der Waals surface area contributed by atoms with Crippen LogP contribution in [0.1, 0.15) is 24.5 Å². The number of hydrogen-bond acceptors (Lipinski definition) is 3. The van der Waals surface area contributed by atoms with Gasteiger partial charge in [0, 0.05) is 37.5 Å². The Hall–Kier alpha value is -0.510. The highest BCUT2D eigenvalue weighted by Gasteiger charge is 2.28. The molecular weight excluding hydrogens is 276 g/mol. The molecule has 0 radical (unpaired) electrons. The van der Waals surface area contributed by atoms with Crippen molar-refractivity contribution in [2.24, 2.45) is 0 Å². The summed E-state index contributed by atoms with van der Waals surface area (Å²) in [6.45, 7) is 8.65. The summed E-state index contributed by atoms with van der Waals surface area (Å²) in [5.41, 5.74) is 3.16. The van der Waals surface area contributed by atoms with Crippen molar-refractivity contribution in [1.82, 2.24) is 9.80 Å². The van der Waals surface area contributed by atoms with E-state index in [1.807, 2.05) is 11.8 Å². The summed E-state index contributed by atoms with van der Waals surface area (Å²) in [6.07, 6.45) is 6.08. The first-order valence-electron chi connectivity index (χ1n) is 8.32. The Balaban J connectivity index is 1.45. The summed E-state index contributed by atoms with van der Waals surface area (Å²) in [7, 11) is 0. The maximum absolute atomic E-state index is 2.73. The third-order valence-electron chi connectivity index (χ3n) is 5.21. The zero-order valence-electron chi connectivity index (χ0n) is 13.4. The molecule has 1 fully saturated rings. The highest BCUT2D eigenvalue weighted by atomic mass is 32.2. The van der Waals surface area contributed by atoms with E-state index in [1.165, 1.54) is 52.0 Å². The molecule has 0 amide bonds. The number of piperazine rings is 1. The Morgan fingerprint density at radius 2 is 1.71 bits per heavy atom. The van der Waals surface area contributed by atoms with Crippen molar-refractivity contribution in [3.63, 3.8) is 0 Å². The quantitative estimate of drug-likeness (QED) is 0.826. The van der Waals surface area contributed by atoms with Gasteiger partial charge in [-0.25, -0.2) is 0 Å². The molecule has 116 valence electrons. The minimum absolute atomic E-state index is 0.759. The summed E-state index contributed by atoms with van der Waals surface area (Å²) in [6, 6.07) is 9.76. The molecule has 1 aliphatic carbocycles. The van der Waals surface area contributed by atoms with Crippen LogP contribution in [0.4, 0.5) is 0 Å². The van der Waals surface area contributed by atoms with Crippen LogP contribution in [-0.2, 0) is 12.8 Å². The van der Waals surface area contributed by atoms with E-state index < -0.39 is 0 Å². The molecule has 0 spiro atoms. The van der Waals surface area contributed by atoms with E-state index >= 15 is 0 Å². The first-order valence-corrected chi connectivity index (χ1v) is 9.61. The van der Waals surface area contributed by atoms with Gasteiger partial charge in [-0.1, -0.05) is 31.2 Å². The lowest BCUT2D eigenvalue weighted by Crippen LogP contribution is -2.50. The van der Waals surface area contributed by atoms with E-state index in [4.69, 9.17) is 0 Å². The number of nitrogens with zero attached hydrogens (tertiary/aromatic N) is 2. The van der Waals surface area contributed by atoms with Crippen molar-refractivity contribution < 1.29 is 0 Å². The molecule has 0 saturated carbocycles. The van der Waals surface area contributed by atoms with Gasteiger partial charge in [0.1, 0.15) is 0 Å². The van der Waals surface area contributed by atoms with Crippen molar-refractivity contribution in [3.05, 3.63) is 35.4 Å². The van der Waals surface area contributed by atoms with Crippen molar-refractivity contribution in [2.75, 3.05) is 39.0 Å². The SMILES string of the molecule is CS[C@H](C)CCN1CCN(C2Cc3ccccc3C2)CC1. The topological polar surface area (TPSA) is 6.48 Å². The summed E-state index contributed by atoms with van der Waals surface area (Å²) >= 11 is 1.99. The molecular formula is C18H28N2S. The molecule has 0 bridgehead atoms. The second-order valence-electron chi connectivity index (χ2n) is 6.54. The van der Waals surface area contributed by atoms with Crippen LogP contribution in [0.2, 0.25) is 0 Å². The molecule has 3 rings (SSSR count). The number of rotatable bonds is 5. The molecule has 1 atom stereocenters. The molecule has 1 heterocycles. The highest BCUT2D eigenvalue weighted by molar-refractivity contribution is 7.99. The van der Waals surface area contributed by atoms with Crippen LogP contribution < -0.4 is 0 Å². The molecule has 1 aromatic rings. The first-order chi connectivity index (χ1) is 10.3. The van der Waals surface area contributed by atoms with Crippen LogP contribution in [0.5, 0.6) is 0 Å². The fourth-order valence-electron chi connectivity index (χ4n) is 3.63. The van der Waals surface area contributed by atoms with Gasteiger partial charge in [0.15, 0.2) is 0 Å². The maximum Gasteiger partial charge on any atom is 0.0177 e. The van der Waals surface area contributed by atoms with Crippen LogP contribution in [0.3, 0.4) is 0 Å². The molecule has 3 heteroatoms. The van der Waals surface area contributed by atoms with E-state index in [2.05, 4.69) is 47.2 Å². The number of thioether (sulfide) groups is 1. The predicted octanol–water partition coefficient (Wildman–Crippen LogP) is 2.91. The molecule has 1 aliphatic heterocycles. The van der Waals surface area contributed by atoms with Gasteiger partial charge in [0.25, 0.3) is 0 Å². The predicted molar refractivity (Wildman–Crippen MR) is 93.2 cm³/mol. The second-order valence-corrected chi connectivity index (χ2v) is 7.82. The lowest BCUT2D eigenvalue weighted by atomic mass is 10.1. The smallest absolute Gasteiger partial charge is 0.0177 e. The Labute approximate surface area is 133 Å². The zero-order chi connectivity index (χ0) is 14.7. The Morgan fingerprint density at radius 3 is 2.29 bits per heavy atom. The molecule has 21 heavy (non-hydrogen) atoms. The molecule has 1 aromatic carbocycles. The van der Waals surface area contributed by atoms with Crippen molar-refractivity contribution in [1.29, 1.82) is 0 Å². The number of fused-ring (bicyclic) bond motifs is 1. The van der Waals surface area contributed by atoms with Gasteiger partial charge in [-0.05, 0) is 43.2 Å². The number of benzene rings is 1. The van der Waals surface area contributed by atoms with Crippen molar-refractivity contribution in [3.8, 4) is 0 Å². The molecule has 0 unspecified atom stereocenters. The van der Waals surface area contributed by atoms with Crippen LogP contribution in [0, 0.1) is 0 Å². The fraction of sp³-hybridized carbons (Fsp3) is 0.667. The van der Waals surface area contributed by atoms with Gasteiger partial charge < -0.3 is 4.90 Å². The van der Waals surface area contributed by atoms with E-state index in [9.17, 15) is 0 Å². The summed E-state index contributed by atoms with van der Waals surface area (Å²) < 4.78 is 0. The van der Waals surface area contributed by atoms with Crippen LogP contribution in [-0.4, -0.2) is 60.1 Å². The van der Waals surface area contributed by atoms with Gasteiger partial charge in [-0.15, -0.1) is 0 Å². The molecule has 2 aliphatic rings. The molecule has 2 nitrogen and oxygen atoms in total. The average molecular weight is 305 g/mol. The average Bonchev–Trinajstić information content (AvgIpc) is 2.97. The summed E-state index contributed by atoms with van der Waals surface area (Å²) in [4.78, 5) is 5.39. The van der Waals surface area contributed by atoms with Gasteiger partial charge in [0.05, 0.1) is 0 Å². The zero-order valence-corrected chi connectivity index (χ0v) is 14.2. The van der Waals surface area contributed by atoms with Gasteiger partial charge >= 0.3 is 0 Å². The Bertz CT molecular complexity index is 429. The largest absolute Gasteiger partial charge is 0.301 e. The summed E-state index contributed by atoms with van der Waals surface area (Å²) in [5, 5.41) is 0.798. The molecule has 1 saturated heterocycles. The minimum Gasteiger partial charge on any atom is -0.301 e. The normalized spacial score (nSPS) is 22.4. The van der Waals surface area contributed by atoms with E-state index in [-0.39, 0.29) is 0 Å². The third-order valence-corrected chi connectivity index (χ3v) is 6.25. The Morgan fingerprint density at radius 1 is 1.10 bits per heavy atom. The van der Waals surface area contributed by atoms with Crippen LogP contribution in [0.15, 0.2) is 24.3 Å². The standard InChI is InChI=1S/C18H28N2S/c1-15(21-2)7-8-19-9-11-20(12-10-19)18-13-16-5-3-4-6-17(16)14-18/h3-6,15,18H,7-14H2,1-2H3/t15-/m1/s1. The van der Waals surface area contributed by atoms with E-state index in [0.717, 1.165) is 11.3 Å². The van der Waals surface area contributed by atoms with Crippen molar-refractivity contribution >= 4 is 11.8 Å². The van der Waals surface area contributed by atoms with Crippen LogP contribution in [0.25, 0.3) is 0 Å². The fourth-order valence-corrected chi connectivity index (χ4v) is 3.97. The van der Waals surface area contributed by atoms with Gasteiger partial charge in [-0.3, -0.25) is 4.90 Å². The van der Waals surface area contributed by atoms with E-state index in [1.54, 1.807) is 11.1 Å². The molecule has 0 aromatic heterocycles. The Kier molecular flexibility index (Phi) is 5.25. The van der Waals surface area contributed by atoms with Gasteiger partial charge in [-0.2, -0.15) is 11.8 Å². The van der Waals surface area contributed by atoms with E-state index in [0.29, 0.717) is 0 Å². The molecule has 0 N–H and O–H groups in total. The third kappa shape index (κ3) is 3.82. The van der Waals surface area contributed by atoms with Crippen LogP contribution >= 0.6 is 11.8 Å². The lowest BCUT2D eigenvalue weighted by Gasteiger charge is -2.38. The second kappa shape index (κ2) is 7.17. The van der Waals surface area contributed by atoms with Crippen molar-refractivity contribution in [2.45, 2.75) is 37.5 Å². The highest BCUT2D eigenvalue weighted by Crippen LogP contribution is 2.26. The summed E-state index contributed by atoms with van der Waals surface area (Å²) in [5.74, 6) is 0. The van der Waals surface area contributed by atoms with Gasteiger partial charge in [0.2, 0.25) is 0 Å². The number of hydrogen-bond donors (Lipinski definition) is 0. The first kappa shape index (κ1) is 15.4. The monoisotopic (exact) mass is 304 g/mol. The minimum atomic E-state index is 0.759.